The summed E-state index contributed by atoms with van der Waals surface area (Å²) in [5, 5.41) is 0. The SMILES string of the molecule is C=C(C)C(=O)OC1(CC)CC2CC(CC(C)(OC3COC(=O)P3)C2)C1. The second-order valence-electron chi connectivity index (χ2n) is 8.29. The van der Waals surface area contributed by atoms with E-state index in [-0.39, 0.29) is 37.3 Å². The second kappa shape index (κ2) is 7.00. The molecule has 2 aliphatic carbocycles. The molecule has 0 aromatic rings. The molecule has 0 amide bonds. The fraction of sp³-hybridized carbons (Fsp3) is 0.789. The Bertz CT molecular complexity index is 558. The highest BCUT2D eigenvalue weighted by atomic mass is 31.1. The van der Waals surface area contributed by atoms with E-state index in [0.29, 0.717) is 24.0 Å². The summed E-state index contributed by atoms with van der Waals surface area (Å²) >= 11 is 0. The normalized spacial score (nSPS) is 41.4. The average molecular weight is 368 g/mol. The number of esters is 1. The van der Waals surface area contributed by atoms with E-state index in [1.165, 1.54) is 6.42 Å². The smallest absolute Gasteiger partial charge is 0.333 e. The zero-order valence-corrected chi connectivity index (χ0v) is 16.4. The molecule has 0 aromatic heterocycles. The Kier molecular flexibility index (Phi) is 5.28. The van der Waals surface area contributed by atoms with Gasteiger partial charge in [0.2, 0.25) is 0 Å². The van der Waals surface area contributed by atoms with Gasteiger partial charge in [0.05, 0.1) is 5.60 Å². The number of cyclic esters (lactones) is 1. The summed E-state index contributed by atoms with van der Waals surface area (Å²) in [6.45, 7) is 10.1. The van der Waals surface area contributed by atoms with E-state index in [0.717, 1.165) is 32.1 Å². The summed E-state index contributed by atoms with van der Waals surface area (Å²) in [6.07, 6.45) is 5.69. The maximum atomic E-state index is 12.1. The highest BCUT2D eigenvalue weighted by Gasteiger charge is 2.50. The van der Waals surface area contributed by atoms with Crippen molar-refractivity contribution >= 4 is 20.3 Å². The Balaban J connectivity index is 1.66. The summed E-state index contributed by atoms with van der Waals surface area (Å²) in [4.78, 5) is 23.4. The third kappa shape index (κ3) is 4.25. The van der Waals surface area contributed by atoms with Crippen LogP contribution in [0.25, 0.3) is 0 Å². The summed E-state index contributed by atoms with van der Waals surface area (Å²) in [7, 11) is 0.102. The highest BCUT2D eigenvalue weighted by molar-refractivity contribution is 7.58. The molecular formula is C19H29O5P. The van der Waals surface area contributed by atoms with E-state index in [9.17, 15) is 9.59 Å². The first kappa shape index (κ1) is 18.8. The Morgan fingerprint density at radius 2 is 1.96 bits per heavy atom. The molecule has 0 radical (unpaired) electrons. The van der Waals surface area contributed by atoms with Gasteiger partial charge in [-0.3, -0.25) is 0 Å². The van der Waals surface area contributed by atoms with E-state index in [4.69, 9.17) is 14.2 Å². The third-order valence-electron chi connectivity index (χ3n) is 5.80. The topological polar surface area (TPSA) is 61.8 Å². The van der Waals surface area contributed by atoms with Crippen molar-refractivity contribution in [3.05, 3.63) is 12.2 Å². The molecule has 3 aliphatic rings. The summed E-state index contributed by atoms with van der Waals surface area (Å²) in [5.41, 5.74) is -0.249. The Labute approximate surface area is 151 Å². The van der Waals surface area contributed by atoms with Crippen LogP contribution in [0.15, 0.2) is 12.2 Å². The van der Waals surface area contributed by atoms with Crippen molar-refractivity contribution in [1.29, 1.82) is 0 Å². The van der Waals surface area contributed by atoms with Gasteiger partial charge in [0.1, 0.15) is 18.1 Å². The van der Waals surface area contributed by atoms with Crippen molar-refractivity contribution in [2.45, 2.75) is 76.3 Å². The number of hydrogen-bond acceptors (Lipinski definition) is 5. The molecular weight excluding hydrogens is 339 g/mol. The molecule has 4 atom stereocenters. The van der Waals surface area contributed by atoms with Gasteiger partial charge < -0.3 is 14.2 Å². The van der Waals surface area contributed by atoms with Crippen LogP contribution in [0, 0.1) is 11.8 Å². The third-order valence-corrected chi connectivity index (χ3v) is 6.79. The summed E-state index contributed by atoms with van der Waals surface area (Å²) in [6, 6.07) is 0. The van der Waals surface area contributed by atoms with Crippen molar-refractivity contribution in [2.24, 2.45) is 11.8 Å². The number of ether oxygens (including phenoxy) is 3. The van der Waals surface area contributed by atoms with Crippen LogP contribution in [-0.4, -0.2) is 35.3 Å². The molecule has 1 heterocycles. The van der Waals surface area contributed by atoms with Crippen LogP contribution in [0.5, 0.6) is 0 Å². The van der Waals surface area contributed by atoms with Crippen LogP contribution in [0.4, 0.5) is 4.79 Å². The molecule has 1 aliphatic heterocycles. The van der Waals surface area contributed by atoms with Crippen LogP contribution in [-0.2, 0) is 19.0 Å². The molecule has 5 nitrogen and oxygen atoms in total. The van der Waals surface area contributed by atoms with Gasteiger partial charge in [0, 0.05) is 14.2 Å². The Morgan fingerprint density at radius 1 is 1.32 bits per heavy atom. The van der Waals surface area contributed by atoms with Crippen molar-refractivity contribution in [2.75, 3.05) is 6.61 Å². The lowest BCUT2D eigenvalue weighted by Gasteiger charge is -2.51. The van der Waals surface area contributed by atoms with Crippen molar-refractivity contribution in [1.82, 2.24) is 0 Å². The predicted octanol–water partition coefficient (Wildman–Crippen LogP) is 4.39. The quantitative estimate of drug-likeness (QED) is 0.409. The first-order chi connectivity index (χ1) is 11.7. The number of hydrogen-bond donors (Lipinski definition) is 0. The monoisotopic (exact) mass is 368 g/mol. The zero-order chi connectivity index (χ0) is 18.2. The van der Waals surface area contributed by atoms with Gasteiger partial charge in [0.15, 0.2) is 0 Å². The predicted molar refractivity (Wildman–Crippen MR) is 96.9 cm³/mol. The molecule has 2 saturated carbocycles. The van der Waals surface area contributed by atoms with E-state index in [1.807, 2.05) is 0 Å². The molecule has 6 heteroatoms. The first-order valence-electron chi connectivity index (χ1n) is 9.22. The van der Waals surface area contributed by atoms with Gasteiger partial charge in [-0.05, 0) is 64.2 Å². The molecule has 0 spiro atoms. The minimum Gasteiger partial charge on any atom is -0.460 e. The molecule has 1 saturated heterocycles. The minimum atomic E-state index is -0.362. The molecule has 25 heavy (non-hydrogen) atoms. The van der Waals surface area contributed by atoms with E-state index >= 15 is 0 Å². The number of carbonyl (C=O) groups is 2. The van der Waals surface area contributed by atoms with Crippen molar-refractivity contribution < 1.29 is 23.8 Å². The number of rotatable bonds is 5. The zero-order valence-electron chi connectivity index (χ0n) is 15.4. The van der Waals surface area contributed by atoms with E-state index in [2.05, 4.69) is 20.4 Å². The first-order valence-corrected chi connectivity index (χ1v) is 10.3. The van der Waals surface area contributed by atoms with Crippen LogP contribution in [0.3, 0.4) is 0 Å². The van der Waals surface area contributed by atoms with Crippen LogP contribution >= 0.6 is 8.58 Å². The average Bonchev–Trinajstić information content (AvgIpc) is 2.90. The van der Waals surface area contributed by atoms with Gasteiger partial charge >= 0.3 is 11.7 Å². The summed E-state index contributed by atoms with van der Waals surface area (Å²) < 4.78 is 17.3. The van der Waals surface area contributed by atoms with Gasteiger partial charge in [-0.15, -0.1) is 0 Å². The second-order valence-corrected chi connectivity index (χ2v) is 9.63. The lowest BCUT2D eigenvalue weighted by atomic mass is 9.61. The number of fused-ring (bicyclic) bond motifs is 2. The maximum absolute atomic E-state index is 12.1. The maximum Gasteiger partial charge on any atom is 0.333 e. The number of carbonyl (C=O) groups excluding carboxylic acids is 2. The van der Waals surface area contributed by atoms with Crippen LogP contribution in [0.1, 0.15) is 59.3 Å². The largest absolute Gasteiger partial charge is 0.460 e. The molecule has 3 rings (SSSR count). The van der Waals surface area contributed by atoms with Crippen LogP contribution in [0.2, 0.25) is 0 Å². The Hall–Kier alpha value is -0.930. The minimum absolute atomic E-state index is 0.0894. The molecule has 0 N–H and O–H groups in total. The van der Waals surface area contributed by atoms with Crippen LogP contribution < -0.4 is 0 Å². The summed E-state index contributed by atoms with van der Waals surface area (Å²) in [5.74, 6) is 0.602. The van der Waals surface area contributed by atoms with Gasteiger partial charge in [-0.25, -0.2) is 9.59 Å². The van der Waals surface area contributed by atoms with Gasteiger partial charge in [-0.1, -0.05) is 13.5 Å². The fourth-order valence-corrected chi connectivity index (χ4v) is 5.93. The van der Waals surface area contributed by atoms with Gasteiger partial charge in [0.25, 0.3) is 0 Å². The highest BCUT2D eigenvalue weighted by Crippen LogP contribution is 2.52. The van der Waals surface area contributed by atoms with Crippen molar-refractivity contribution in [3.63, 3.8) is 0 Å². The molecule has 3 fully saturated rings. The van der Waals surface area contributed by atoms with Gasteiger partial charge in [-0.2, -0.15) is 0 Å². The fourth-order valence-electron chi connectivity index (χ4n) is 4.99. The Morgan fingerprint density at radius 3 is 2.44 bits per heavy atom. The molecule has 2 bridgehead atoms. The van der Waals surface area contributed by atoms with E-state index < -0.39 is 0 Å². The molecule has 140 valence electrons. The lowest BCUT2D eigenvalue weighted by Crippen LogP contribution is -2.50. The molecule has 4 unspecified atom stereocenters. The van der Waals surface area contributed by atoms with Crippen molar-refractivity contribution in [3.8, 4) is 0 Å². The standard InChI is InChI=1S/C19H29O5P/c1-5-19(24-16(20)12(2)3)9-13-6-14(10-19)8-18(4,7-13)23-15-11-22-17(21)25-15/h13-15,25H,2,5-11H2,1,3-4H3. The lowest BCUT2D eigenvalue weighted by molar-refractivity contribution is -0.176. The molecule has 0 aromatic carbocycles. The van der Waals surface area contributed by atoms with E-state index in [1.54, 1.807) is 6.92 Å².